The van der Waals surface area contributed by atoms with Crippen molar-refractivity contribution in [1.82, 2.24) is 0 Å². The van der Waals surface area contributed by atoms with Crippen molar-refractivity contribution in [3.8, 4) is 0 Å². The Labute approximate surface area is 133 Å². The molecule has 0 radical (unpaired) electrons. The molecule has 2 N–H and O–H groups in total. The Hall–Kier alpha value is -1.84. The van der Waals surface area contributed by atoms with Gasteiger partial charge in [0, 0.05) is 12.8 Å². The van der Waals surface area contributed by atoms with E-state index in [9.17, 15) is 9.59 Å². The summed E-state index contributed by atoms with van der Waals surface area (Å²) < 4.78 is 4.64. The van der Waals surface area contributed by atoms with Crippen LogP contribution in [0.4, 0.5) is 0 Å². The Morgan fingerprint density at radius 2 is 1.82 bits per heavy atom. The van der Waals surface area contributed by atoms with Crippen LogP contribution in [0.5, 0.6) is 0 Å². The molecule has 0 fully saturated rings. The number of benzene rings is 1. The summed E-state index contributed by atoms with van der Waals surface area (Å²) in [6.45, 7) is 2.16. The number of hydrogen-bond donors (Lipinski definition) is 1. The molecule has 0 unspecified atom stereocenters. The quantitative estimate of drug-likeness (QED) is 0.676. The molecule has 4 nitrogen and oxygen atoms in total. The second-order valence-corrected chi connectivity index (χ2v) is 5.90. The number of carbonyl (C=O) groups excluding carboxylic acids is 2. The van der Waals surface area contributed by atoms with E-state index >= 15 is 0 Å². The van der Waals surface area contributed by atoms with Crippen LogP contribution in [0.3, 0.4) is 0 Å². The molecule has 4 heteroatoms. The van der Waals surface area contributed by atoms with Crippen LogP contribution in [0, 0.1) is 5.92 Å². The first-order valence-corrected chi connectivity index (χ1v) is 7.94. The van der Waals surface area contributed by atoms with Crippen molar-refractivity contribution in [3.63, 3.8) is 0 Å². The van der Waals surface area contributed by atoms with Crippen LogP contribution in [0.15, 0.2) is 24.3 Å². The molecular formula is C18H27NO3. The maximum absolute atomic E-state index is 11.1. The minimum Gasteiger partial charge on any atom is -0.469 e. The van der Waals surface area contributed by atoms with Crippen molar-refractivity contribution in [1.29, 1.82) is 0 Å². The maximum atomic E-state index is 11.1. The lowest BCUT2D eigenvalue weighted by molar-refractivity contribution is -0.140. The Bertz CT molecular complexity index is 485. The van der Waals surface area contributed by atoms with Crippen molar-refractivity contribution >= 4 is 11.9 Å². The fraction of sp³-hybridized carbons (Fsp3) is 0.556. The van der Waals surface area contributed by atoms with Crippen LogP contribution < -0.4 is 5.73 Å². The molecule has 0 heterocycles. The molecule has 1 amide bonds. The van der Waals surface area contributed by atoms with Crippen LogP contribution >= 0.6 is 0 Å². The average Bonchev–Trinajstić information content (AvgIpc) is 2.51. The number of ether oxygens (including phenoxy) is 1. The largest absolute Gasteiger partial charge is 0.469 e. The van der Waals surface area contributed by atoms with Crippen LogP contribution in [0.25, 0.3) is 0 Å². The highest BCUT2D eigenvalue weighted by molar-refractivity contribution is 5.73. The summed E-state index contributed by atoms with van der Waals surface area (Å²) in [6, 6.07) is 8.50. The summed E-state index contributed by atoms with van der Waals surface area (Å²) in [7, 11) is 1.42. The normalized spacial score (nSPS) is 11.9. The van der Waals surface area contributed by atoms with Gasteiger partial charge in [0.25, 0.3) is 0 Å². The standard InChI is InChI=1S/C18H27NO3/c1-14(10-12-17(19)20)9-11-16-6-3-5-15(13-16)7-4-8-18(21)22-2/h3,5-6,13-14H,4,7-12H2,1-2H3,(H2,19,20)/t14-/m1/s1. The van der Waals surface area contributed by atoms with E-state index in [4.69, 9.17) is 5.73 Å². The number of amides is 1. The van der Waals surface area contributed by atoms with Gasteiger partial charge in [-0.1, -0.05) is 31.2 Å². The SMILES string of the molecule is COC(=O)CCCc1cccc(CC[C@@H](C)CCC(N)=O)c1. The molecule has 0 saturated heterocycles. The van der Waals surface area contributed by atoms with Gasteiger partial charge >= 0.3 is 5.97 Å². The molecule has 0 bridgehead atoms. The van der Waals surface area contributed by atoms with E-state index in [2.05, 4.69) is 35.9 Å². The predicted molar refractivity (Wildman–Crippen MR) is 87.3 cm³/mol. The Kier molecular flexibility index (Phi) is 8.26. The van der Waals surface area contributed by atoms with E-state index < -0.39 is 0 Å². The van der Waals surface area contributed by atoms with Gasteiger partial charge in [0.15, 0.2) is 0 Å². The van der Waals surface area contributed by atoms with Gasteiger partial charge in [0.2, 0.25) is 5.91 Å². The maximum Gasteiger partial charge on any atom is 0.305 e. The fourth-order valence-electron chi connectivity index (χ4n) is 2.43. The average molecular weight is 305 g/mol. The van der Waals surface area contributed by atoms with E-state index in [-0.39, 0.29) is 11.9 Å². The number of primary amides is 1. The first-order valence-electron chi connectivity index (χ1n) is 7.94. The molecule has 0 saturated carbocycles. The van der Waals surface area contributed by atoms with Gasteiger partial charge in [0.05, 0.1) is 7.11 Å². The number of aryl methyl sites for hydroxylation is 2. The number of rotatable bonds is 10. The van der Waals surface area contributed by atoms with Crippen molar-refractivity contribution in [2.45, 2.75) is 51.9 Å². The summed E-state index contributed by atoms with van der Waals surface area (Å²) in [4.78, 5) is 21.9. The fourth-order valence-corrected chi connectivity index (χ4v) is 2.43. The molecule has 1 aromatic carbocycles. The zero-order valence-corrected chi connectivity index (χ0v) is 13.6. The topological polar surface area (TPSA) is 69.4 Å². The van der Waals surface area contributed by atoms with Crippen molar-refractivity contribution < 1.29 is 14.3 Å². The predicted octanol–water partition coefficient (Wildman–Crippen LogP) is 3.02. The lowest BCUT2D eigenvalue weighted by Crippen LogP contribution is -2.12. The Balaban J connectivity index is 2.37. The number of nitrogens with two attached hydrogens (primary N) is 1. The summed E-state index contributed by atoms with van der Waals surface area (Å²) in [5.74, 6) is 0.120. The van der Waals surface area contributed by atoms with Crippen LogP contribution in [-0.4, -0.2) is 19.0 Å². The number of carbonyl (C=O) groups is 2. The smallest absolute Gasteiger partial charge is 0.305 e. The van der Waals surface area contributed by atoms with Gasteiger partial charge in [-0.25, -0.2) is 0 Å². The van der Waals surface area contributed by atoms with Crippen LogP contribution in [0.1, 0.15) is 50.2 Å². The molecule has 0 aliphatic carbocycles. The third kappa shape index (κ3) is 7.81. The summed E-state index contributed by atoms with van der Waals surface area (Å²) in [6.07, 6.45) is 5.54. The Morgan fingerprint density at radius 1 is 1.14 bits per heavy atom. The lowest BCUT2D eigenvalue weighted by atomic mass is 9.95. The van der Waals surface area contributed by atoms with Gasteiger partial charge in [-0.05, 0) is 49.1 Å². The molecule has 0 aliphatic rings. The van der Waals surface area contributed by atoms with Crippen molar-refractivity contribution in [2.75, 3.05) is 7.11 Å². The number of esters is 1. The second-order valence-electron chi connectivity index (χ2n) is 5.90. The molecule has 1 aromatic rings. The van der Waals surface area contributed by atoms with E-state index in [1.54, 1.807) is 0 Å². The minimum absolute atomic E-state index is 0.153. The molecule has 0 spiro atoms. The van der Waals surface area contributed by atoms with E-state index in [0.717, 1.165) is 32.1 Å². The third-order valence-electron chi connectivity index (χ3n) is 3.87. The van der Waals surface area contributed by atoms with Crippen molar-refractivity contribution in [3.05, 3.63) is 35.4 Å². The number of methoxy groups -OCH3 is 1. The highest BCUT2D eigenvalue weighted by Gasteiger charge is 2.06. The number of hydrogen-bond acceptors (Lipinski definition) is 3. The molecular weight excluding hydrogens is 278 g/mol. The molecule has 122 valence electrons. The first-order chi connectivity index (χ1) is 10.5. The highest BCUT2D eigenvalue weighted by atomic mass is 16.5. The van der Waals surface area contributed by atoms with E-state index in [0.29, 0.717) is 18.8 Å². The van der Waals surface area contributed by atoms with Gasteiger partial charge in [-0.3, -0.25) is 9.59 Å². The monoisotopic (exact) mass is 305 g/mol. The molecule has 0 aliphatic heterocycles. The minimum atomic E-state index is -0.223. The third-order valence-corrected chi connectivity index (χ3v) is 3.87. The first kappa shape index (κ1) is 18.2. The van der Waals surface area contributed by atoms with Gasteiger partial charge in [-0.15, -0.1) is 0 Å². The molecule has 0 aromatic heterocycles. The second kappa shape index (κ2) is 9.98. The summed E-state index contributed by atoms with van der Waals surface area (Å²) in [5.41, 5.74) is 7.74. The zero-order valence-electron chi connectivity index (χ0n) is 13.6. The molecule has 22 heavy (non-hydrogen) atoms. The van der Waals surface area contributed by atoms with Crippen LogP contribution in [-0.2, 0) is 27.2 Å². The summed E-state index contributed by atoms with van der Waals surface area (Å²) >= 11 is 0. The zero-order chi connectivity index (χ0) is 16.4. The van der Waals surface area contributed by atoms with Gasteiger partial charge in [0.1, 0.15) is 0 Å². The van der Waals surface area contributed by atoms with Crippen LogP contribution in [0.2, 0.25) is 0 Å². The summed E-state index contributed by atoms with van der Waals surface area (Å²) in [5, 5.41) is 0. The molecule has 1 rings (SSSR count). The van der Waals surface area contributed by atoms with Gasteiger partial charge < -0.3 is 10.5 Å². The lowest BCUT2D eigenvalue weighted by Gasteiger charge is -2.11. The Morgan fingerprint density at radius 3 is 2.45 bits per heavy atom. The van der Waals surface area contributed by atoms with Gasteiger partial charge in [-0.2, -0.15) is 0 Å². The van der Waals surface area contributed by atoms with E-state index in [1.165, 1.54) is 18.2 Å². The molecule has 1 atom stereocenters. The highest BCUT2D eigenvalue weighted by Crippen LogP contribution is 2.16. The van der Waals surface area contributed by atoms with Crippen molar-refractivity contribution in [2.24, 2.45) is 11.7 Å². The van der Waals surface area contributed by atoms with E-state index in [1.807, 2.05) is 0 Å².